The molecule has 25 heavy (non-hydrogen) atoms. The largest absolute Gasteiger partial charge is 0.480 e. The summed E-state index contributed by atoms with van der Waals surface area (Å²) in [5, 5.41) is 18.5. The molecule has 6 nitrogen and oxygen atoms in total. The molecule has 1 heterocycles. The first kappa shape index (κ1) is 18.5. The summed E-state index contributed by atoms with van der Waals surface area (Å²) < 4.78 is 40.3. The van der Waals surface area contributed by atoms with Gasteiger partial charge >= 0.3 is 12.1 Å². The Balaban J connectivity index is 2.63. The second-order valence-corrected chi connectivity index (χ2v) is 5.40. The van der Waals surface area contributed by atoms with E-state index in [0.29, 0.717) is 6.41 Å². The summed E-state index contributed by atoms with van der Waals surface area (Å²) in [5.41, 5.74) is -3.31. The maximum absolute atomic E-state index is 13.4. The molecule has 0 saturated heterocycles. The number of benzene rings is 1. The summed E-state index contributed by atoms with van der Waals surface area (Å²) in [5.74, 6) is -1.43. The van der Waals surface area contributed by atoms with Gasteiger partial charge in [0.25, 0.3) is 0 Å². The lowest BCUT2D eigenvalue weighted by Crippen LogP contribution is -2.40. The molecule has 1 aromatic carbocycles. The molecule has 1 aromatic heterocycles. The average molecular weight is 355 g/mol. The van der Waals surface area contributed by atoms with Crippen LogP contribution >= 0.6 is 0 Å². The highest BCUT2D eigenvalue weighted by Crippen LogP contribution is 2.43. The predicted octanol–water partition coefficient (Wildman–Crippen LogP) is 2.33. The lowest BCUT2D eigenvalue weighted by atomic mass is 9.72. The number of aromatic nitrogens is 2. The number of aliphatic carboxylic acids is 1. The van der Waals surface area contributed by atoms with Gasteiger partial charge in [0.05, 0.1) is 11.3 Å². The summed E-state index contributed by atoms with van der Waals surface area (Å²) >= 11 is 0. The number of hydrogen-bond donors (Lipinski definition) is 3. The zero-order valence-corrected chi connectivity index (χ0v) is 13.0. The van der Waals surface area contributed by atoms with Crippen LogP contribution in [-0.4, -0.2) is 34.2 Å². The first-order valence-electron chi connectivity index (χ1n) is 7.41. The Morgan fingerprint density at radius 2 is 1.92 bits per heavy atom. The van der Waals surface area contributed by atoms with Crippen LogP contribution in [0.5, 0.6) is 0 Å². The number of rotatable bonds is 8. The Hall–Kier alpha value is -2.84. The maximum atomic E-state index is 13.4. The van der Waals surface area contributed by atoms with Gasteiger partial charge in [-0.05, 0) is 30.5 Å². The number of carboxylic acid groups (broad SMARTS) is 1. The van der Waals surface area contributed by atoms with Crippen molar-refractivity contribution in [1.82, 2.24) is 15.5 Å². The first-order chi connectivity index (χ1) is 11.8. The van der Waals surface area contributed by atoms with E-state index in [4.69, 9.17) is 0 Å². The number of H-pyrrole nitrogens is 1. The number of hydrogen-bond acceptors (Lipinski definition) is 3. The Kier molecular flexibility index (Phi) is 5.45. The molecular weight excluding hydrogens is 339 g/mol. The monoisotopic (exact) mass is 355 g/mol. The van der Waals surface area contributed by atoms with Crippen molar-refractivity contribution in [2.45, 2.75) is 24.4 Å². The van der Waals surface area contributed by atoms with Gasteiger partial charge in [-0.15, -0.1) is 0 Å². The van der Waals surface area contributed by atoms with Gasteiger partial charge < -0.3 is 10.4 Å². The van der Waals surface area contributed by atoms with Gasteiger partial charge in [0, 0.05) is 12.7 Å². The Labute approximate surface area is 141 Å². The zero-order valence-electron chi connectivity index (χ0n) is 13.0. The third kappa shape index (κ3) is 3.65. The molecule has 1 amide bonds. The van der Waals surface area contributed by atoms with E-state index in [2.05, 4.69) is 15.5 Å². The van der Waals surface area contributed by atoms with Crippen molar-refractivity contribution in [3.63, 3.8) is 0 Å². The number of carboxylic acids is 1. The molecule has 0 fully saturated rings. The molecule has 0 saturated carbocycles. The van der Waals surface area contributed by atoms with Crippen molar-refractivity contribution >= 4 is 12.4 Å². The fraction of sp³-hybridized carbons (Fsp3) is 0.312. The van der Waals surface area contributed by atoms with Gasteiger partial charge in [-0.25, -0.2) is 0 Å². The molecule has 9 heteroatoms. The lowest BCUT2D eigenvalue weighted by molar-refractivity contribution is -0.145. The van der Waals surface area contributed by atoms with Crippen LogP contribution in [0.3, 0.4) is 0 Å². The van der Waals surface area contributed by atoms with E-state index in [-0.39, 0.29) is 30.6 Å². The number of aromatic amines is 1. The van der Waals surface area contributed by atoms with E-state index in [9.17, 15) is 27.9 Å². The average Bonchev–Trinajstić information content (AvgIpc) is 3.09. The van der Waals surface area contributed by atoms with Gasteiger partial charge in [0.2, 0.25) is 6.41 Å². The molecule has 0 radical (unpaired) electrons. The standard InChI is InChI=1S/C16H16F3N3O3/c17-16(18,19)12-5-2-1-4-11(12)15(14(24)25,7-3-8-20-10-23)13-6-9-21-22-13/h1-2,4-6,9-10H,3,7-8H2,(H,20,23)(H,21,22)(H,24,25). The maximum Gasteiger partial charge on any atom is 0.416 e. The second-order valence-electron chi connectivity index (χ2n) is 5.40. The van der Waals surface area contributed by atoms with Crippen molar-refractivity contribution in [2.75, 3.05) is 6.54 Å². The van der Waals surface area contributed by atoms with E-state index in [1.165, 1.54) is 24.4 Å². The van der Waals surface area contributed by atoms with Crippen LogP contribution < -0.4 is 5.32 Å². The van der Waals surface area contributed by atoms with E-state index in [1.54, 1.807) is 0 Å². The number of nitrogens with zero attached hydrogens (tertiary/aromatic N) is 1. The fourth-order valence-corrected chi connectivity index (χ4v) is 2.86. The minimum atomic E-state index is -4.71. The Bertz CT molecular complexity index is 732. The van der Waals surface area contributed by atoms with Crippen molar-refractivity contribution in [3.8, 4) is 0 Å². The van der Waals surface area contributed by atoms with Crippen LogP contribution in [-0.2, 0) is 21.2 Å². The van der Waals surface area contributed by atoms with E-state index in [1.807, 2.05) is 0 Å². The molecule has 3 N–H and O–H groups in total. The molecular formula is C16H16F3N3O3. The molecule has 1 unspecified atom stereocenters. The van der Waals surface area contributed by atoms with Crippen LogP contribution in [0.2, 0.25) is 0 Å². The topological polar surface area (TPSA) is 95.1 Å². The van der Waals surface area contributed by atoms with Crippen molar-refractivity contribution in [3.05, 3.63) is 53.3 Å². The molecule has 0 bridgehead atoms. The summed E-state index contributed by atoms with van der Waals surface area (Å²) in [6, 6.07) is 5.93. The molecule has 0 spiro atoms. The molecule has 134 valence electrons. The number of alkyl halides is 3. The highest BCUT2D eigenvalue weighted by atomic mass is 19.4. The summed E-state index contributed by atoms with van der Waals surface area (Å²) in [6.45, 7) is 0.140. The molecule has 2 aromatic rings. The van der Waals surface area contributed by atoms with Gasteiger partial charge in [-0.3, -0.25) is 14.7 Å². The van der Waals surface area contributed by atoms with Gasteiger partial charge in [0.15, 0.2) is 0 Å². The van der Waals surface area contributed by atoms with Crippen molar-refractivity contribution < 1.29 is 27.9 Å². The number of halogens is 3. The minimum Gasteiger partial charge on any atom is -0.480 e. The number of carbonyl (C=O) groups excluding carboxylic acids is 1. The quantitative estimate of drug-likeness (QED) is 0.500. The van der Waals surface area contributed by atoms with Crippen LogP contribution in [0.1, 0.15) is 29.7 Å². The predicted molar refractivity (Wildman–Crippen MR) is 81.7 cm³/mol. The van der Waals surface area contributed by atoms with E-state index >= 15 is 0 Å². The first-order valence-corrected chi connectivity index (χ1v) is 7.41. The van der Waals surface area contributed by atoms with E-state index < -0.39 is 23.1 Å². The summed E-state index contributed by atoms with van der Waals surface area (Å²) in [4.78, 5) is 22.5. The second kappa shape index (κ2) is 7.37. The highest BCUT2D eigenvalue weighted by Gasteiger charge is 2.48. The van der Waals surface area contributed by atoms with Crippen LogP contribution in [0.15, 0.2) is 36.5 Å². The minimum absolute atomic E-state index is 0.0443. The zero-order chi connectivity index (χ0) is 18.5. The Morgan fingerprint density at radius 1 is 1.24 bits per heavy atom. The SMILES string of the molecule is O=CNCCCC(C(=O)O)(c1ccn[nH]1)c1ccccc1C(F)(F)F. The normalized spacial score (nSPS) is 13.9. The van der Waals surface area contributed by atoms with Gasteiger partial charge in [0.1, 0.15) is 5.41 Å². The van der Waals surface area contributed by atoms with Gasteiger partial charge in [-0.2, -0.15) is 18.3 Å². The fourth-order valence-electron chi connectivity index (χ4n) is 2.86. The number of carbonyl (C=O) groups is 2. The molecule has 2 rings (SSSR count). The number of amides is 1. The van der Waals surface area contributed by atoms with E-state index in [0.717, 1.165) is 12.1 Å². The molecule has 1 atom stereocenters. The smallest absolute Gasteiger partial charge is 0.416 e. The molecule has 0 aliphatic carbocycles. The summed E-state index contributed by atoms with van der Waals surface area (Å²) in [6.07, 6.45) is -2.97. The Morgan fingerprint density at radius 3 is 2.44 bits per heavy atom. The summed E-state index contributed by atoms with van der Waals surface area (Å²) in [7, 11) is 0. The lowest BCUT2D eigenvalue weighted by Gasteiger charge is -2.31. The van der Waals surface area contributed by atoms with Gasteiger partial charge in [-0.1, -0.05) is 18.2 Å². The molecule has 0 aliphatic heterocycles. The van der Waals surface area contributed by atoms with Crippen molar-refractivity contribution in [1.29, 1.82) is 0 Å². The van der Waals surface area contributed by atoms with Crippen molar-refractivity contribution in [2.24, 2.45) is 0 Å². The third-order valence-electron chi connectivity index (χ3n) is 3.97. The van der Waals surface area contributed by atoms with Crippen LogP contribution in [0.4, 0.5) is 13.2 Å². The van der Waals surface area contributed by atoms with Crippen LogP contribution in [0, 0.1) is 0 Å². The highest BCUT2D eigenvalue weighted by molar-refractivity contribution is 5.86. The van der Waals surface area contributed by atoms with Crippen LogP contribution in [0.25, 0.3) is 0 Å². The number of nitrogens with one attached hydrogen (secondary N) is 2. The molecule has 0 aliphatic rings. The third-order valence-corrected chi connectivity index (χ3v) is 3.97.